The van der Waals surface area contributed by atoms with Gasteiger partial charge in [0.2, 0.25) is 19.7 Å². The predicted octanol–water partition coefficient (Wildman–Crippen LogP) is 4.88. The van der Waals surface area contributed by atoms with E-state index in [9.17, 15) is 16.8 Å². The van der Waals surface area contributed by atoms with Gasteiger partial charge in [-0.05, 0) is 30.7 Å². The number of fused-ring (bicyclic) bond motifs is 2. The van der Waals surface area contributed by atoms with Crippen molar-refractivity contribution in [3.05, 3.63) is 82.6 Å². The van der Waals surface area contributed by atoms with Gasteiger partial charge in [0.15, 0.2) is 0 Å². The number of halogens is 2. The molecule has 0 fully saturated rings. The second kappa shape index (κ2) is 7.80. The van der Waals surface area contributed by atoms with Crippen LogP contribution in [0.4, 0.5) is 0 Å². The van der Waals surface area contributed by atoms with E-state index in [-0.39, 0.29) is 21.6 Å². The molecule has 2 bridgehead atoms. The van der Waals surface area contributed by atoms with Crippen LogP contribution in [0.1, 0.15) is 6.42 Å². The van der Waals surface area contributed by atoms with E-state index in [2.05, 4.69) is 31.9 Å². The van der Waals surface area contributed by atoms with Gasteiger partial charge in [-0.15, -0.1) is 0 Å². The smallest absolute Gasteiger partial charge is 0.202 e. The fourth-order valence-electron chi connectivity index (χ4n) is 3.92. The Bertz CT molecular complexity index is 1090. The molecule has 0 radical (unpaired) electrons. The number of rotatable bonds is 4. The van der Waals surface area contributed by atoms with Gasteiger partial charge in [0, 0.05) is 21.5 Å². The highest BCUT2D eigenvalue weighted by Gasteiger charge is 2.46. The van der Waals surface area contributed by atoms with Crippen LogP contribution in [0.25, 0.3) is 0 Å². The van der Waals surface area contributed by atoms with E-state index in [4.69, 9.17) is 0 Å². The van der Waals surface area contributed by atoms with Gasteiger partial charge in [-0.1, -0.05) is 80.4 Å². The monoisotopic (exact) mass is 556 g/mol. The third kappa shape index (κ3) is 3.69. The molecule has 0 N–H and O–H groups in total. The third-order valence-electron chi connectivity index (χ3n) is 5.38. The van der Waals surface area contributed by atoms with Gasteiger partial charge in [0.1, 0.15) is 0 Å². The first kappa shape index (κ1) is 21.0. The largest absolute Gasteiger partial charge is 0.219 e. The van der Waals surface area contributed by atoms with Crippen LogP contribution < -0.4 is 0 Å². The quantitative estimate of drug-likeness (QED) is 0.502. The van der Waals surface area contributed by atoms with Gasteiger partial charge in [0.05, 0.1) is 19.6 Å². The maximum Gasteiger partial charge on any atom is 0.202 e. The molecule has 0 heterocycles. The van der Waals surface area contributed by atoms with E-state index in [1.54, 1.807) is 72.8 Å². The molecular formula is C21H18Br2O4S2. The van der Waals surface area contributed by atoms with Gasteiger partial charge in [0.25, 0.3) is 0 Å². The minimum atomic E-state index is -3.66. The molecule has 8 heteroatoms. The van der Waals surface area contributed by atoms with Crippen molar-refractivity contribution in [1.82, 2.24) is 0 Å². The van der Waals surface area contributed by atoms with Crippen molar-refractivity contribution >= 4 is 51.5 Å². The van der Waals surface area contributed by atoms with E-state index in [0.717, 1.165) is 0 Å². The lowest BCUT2D eigenvalue weighted by Gasteiger charge is -2.39. The van der Waals surface area contributed by atoms with Crippen molar-refractivity contribution in [3.63, 3.8) is 0 Å². The molecule has 152 valence electrons. The summed E-state index contributed by atoms with van der Waals surface area (Å²) in [5.74, 6) is -0.651. The molecule has 2 aliphatic carbocycles. The van der Waals surface area contributed by atoms with Gasteiger partial charge in [-0.25, -0.2) is 16.8 Å². The number of alkyl halides is 2. The Balaban J connectivity index is 1.76. The highest BCUT2D eigenvalue weighted by atomic mass is 79.9. The highest BCUT2D eigenvalue weighted by molar-refractivity contribution is 9.10. The molecule has 0 aliphatic heterocycles. The Kier molecular flexibility index (Phi) is 5.65. The summed E-state index contributed by atoms with van der Waals surface area (Å²) in [7, 11) is -7.32. The summed E-state index contributed by atoms with van der Waals surface area (Å²) in [6.45, 7) is 0. The van der Waals surface area contributed by atoms with Gasteiger partial charge < -0.3 is 0 Å². The average Bonchev–Trinajstić information content (AvgIpc) is 2.73. The van der Waals surface area contributed by atoms with Crippen LogP contribution in [-0.2, 0) is 19.7 Å². The highest BCUT2D eigenvalue weighted by Crippen LogP contribution is 2.49. The first-order valence-electron chi connectivity index (χ1n) is 9.05. The Hall–Kier alpha value is -1.22. The molecule has 0 unspecified atom stereocenters. The number of allylic oxidation sites excluding steroid dienone is 4. The van der Waals surface area contributed by atoms with E-state index < -0.39 is 29.3 Å². The van der Waals surface area contributed by atoms with Crippen molar-refractivity contribution in [1.29, 1.82) is 0 Å². The molecule has 4 rings (SSSR count). The molecule has 0 spiro atoms. The number of hydrogen-bond acceptors (Lipinski definition) is 4. The Morgan fingerprint density at radius 2 is 0.966 bits per heavy atom. The molecule has 29 heavy (non-hydrogen) atoms. The van der Waals surface area contributed by atoms with Crippen LogP contribution in [0.2, 0.25) is 0 Å². The van der Waals surface area contributed by atoms with Crippen LogP contribution in [0.5, 0.6) is 0 Å². The molecule has 2 aromatic carbocycles. The van der Waals surface area contributed by atoms with Gasteiger partial charge in [-0.3, -0.25) is 0 Å². The predicted molar refractivity (Wildman–Crippen MR) is 120 cm³/mol. The van der Waals surface area contributed by atoms with E-state index in [0.29, 0.717) is 16.2 Å². The molecule has 4 nitrogen and oxygen atoms in total. The Morgan fingerprint density at radius 3 is 1.31 bits per heavy atom. The summed E-state index contributed by atoms with van der Waals surface area (Å²) in [4.78, 5) is 0.368. The molecule has 0 saturated heterocycles. The minimum absolute atomic E-state index is 0.246. The van der Waals surface area contributed by atoms with Crippen LogP contribution in [0.3, 0.4) is 0 Å². The first-order chi connectivity index (χ1) is 13.7. The topological polar surface area (TPSA) is 68.3 Å². The van der Waals surface area contributed by atoms with E-state index in [1.807, 2.05) is 0 Å². The first-order valence-corrected chi connectivity index (χ1v) is 13.8. The molecule has 2 aliphatic rings. The average molecular weight is 558 g/mol. The number of benzene rings is 2. The van der Waals surface area contributed by atoms with Crippen molar-refractivity contribution in [2.75, 3.05) is 0 Å². The zero-order valence-corrected chi connectivity index (χ0v) is 20.0. The lowest BCUT2D eigenvalue weighted by Crippen LogP contribution is -2.38. The molecule has 0 aromatic heterocycles. The second-order valence-corrected chi connectivity index (χ2v) is 13.1. The SMILES string of the molecule is O=S(=O)(C1=C[C@@H](Br)[C@H]2C[C@@H]1[C@H](Br)C=C2S(=O)(=O)c1ccccc1)c1ccccc1. The Morgan fingerprint density at radius 1 is 0.621 bits per heavy atom. The molecule has 4 atom stereocenters. The molecule has 0 saturated carbocycles. The summed E-state index contributed by atoms with van der Waals surface area (Å²) in [6.07, 6.45) is 3.77. The van der Waals surface area contributed by atoms with Crippen LogP contribution in [0.15, 0.2) is 92.4 Å². The standard InChI is InChI=1S/C21H18Br2O4S2/c22-18-12-20(28(24,25)14-7-3-1-4-8-14)16-11-17(18)21(13-19(16)23)29(26,27)15-9-5-2-6-10-15/h1-10,12-13,16-19H,11H2/t16-,17-,18-,19-/m1/s1. The van der Waals surface area contributed by atoms with Crippen LogP contribution >= 0.6 is 31.9 Å². The second-order valence-electron chi connectivity index (χ2n) is 7.11. The van der Waals surface area contributed by atoms with Crippen LogP contribution in [0, 0.1) is 11.8 Å². The van der Waals surface area contributed by atoms with Crippen molar-refractivity contribution in [2.45, 2.75) is 25.9 Å². The van der Waals surface area contributed by atoms with Crippen molar-refractivity contribution < 1.29 is 16.8 Å². The molecule has 0 amide bonds. The van der Waals surface area contributed by atoms with Gasteiger partial charge >= 0.3 is 0 Å². The molecular weight excluding hydrogens is 540 g/mol. The summed E-state index contributed by atoms with van der Waals surface area (Å²) in [5.41, 5.74) is 0. The summed E-state index contributed by atoms with van der Waals surface area (Å²) in [5, 5.41) is 0. The summed E-state index contributed by atoms with van der Waals surface area (Å²) in [6, 6.07) is 16.7. The lowest BCUT2D eigenvalue weighted by molar-refractivity contribution is 0.439. The van der Waals surface area contributed by atoms with E-state index in [1.165, 1.54) is 0 Å². The Labute approximate surface area is 187 Å². The molecule has 2 aromatic rings. The van der Waals surface area contributed by atoms with Gasteiger partial charge in [-0.2, -0.15) is 0 Å². The fraction of sp³-hybridized carbons (Fsp3) is 0.238. The third-order valence-corrected chi connectivity index (χ3v) is 11.1. The summed E-state index contributed by atoms with van der Waals surface area (Å²) < 4.78 is 52.9. The van der Waals surface area contributed by atoms with Crippen molar-refractivity contribution in [3.8, 4) is 0 Å². The lowest BCUT2D eigenvalue weighted by atomic mass is 9.80. The number of sulfone groups is 2. The minimum Gasteiger partial charge on any atom is -0.219 e. The normalized spacial score (nSPS) is 27.1. The van der Waals surface area contributed by atoms with Crippen molar-refractivity contribution in [2.24, 2.45) is 11.8 Å². The zero-order chi connectivity index (χ0) is 20.8. The zero-order valence-electron chi connectivity index (χ0n) is 15.2. The maximum absolute atomic E-state index is 13.2. The van der Waals surface area contributed by atoms with Crippen LogP contribution in [-0.4, -0.2) is 26.5 Å². The number of hydrogen-bond donors (Lipinski definition) is 0. The van der Waals surface area contributed by atoms with E-state index >= 15 is 0 Å². The fourth-order valence-corrected chi connectivity index (χ4v) is 9.70. The maximum atomic E-state index is 13.2. The summed E-state index contributed by atoms with van der Waals surface area (Å²) >= 11 is 7.09.